The van der Waals surface area contributed by atoms with Crippen LogP contribution in [0.2, 0.25) is 0 Å². The number of hydrogen-bond acceptors (Lipinski definition) is 3. The number of hydrogen-bond donors (Lipinski definition) is 0. The van der Waals surface area contributed by atoms with Crippen LogP contribution < -0.4 is 4.80 Å². The van der Waals surface area contributed by atoms with Gasteiger partial charge in [-0.05, 0) is 35.9 Å². The number of carbonyl (C=O) groups excluding carboxylic acids is 1. The topological polar surface area (TPSA) is 43.6 Å². The number of aromatic nitrogens is 1. The summed E-state index contributed by atoms with van der Waals surface area (Å²) >= 11 is 1.25. The third-order valence-corrected chi connectivity index (χ3v) is 4.69. The molecule has 0 saturated heterocycles. The molecular weight excluding hydrogens is 346 g/mol. The van der Waals surface area contributed by atoms with Crippen LogP contribution in [0.4, 0.5) is 8.78 Å². The molecule has 3 aromatic rings. The highest BCUT2D eigenvalue weighted by molar-refractivity contribution is 7.16. The van der Waals surface area contributed by atoms with E-state index in [0.717, 1.165) is 5.52 Å². The summed E-state index contributed by atoms with van der Waals surface area (Å²) in [5.74, 6) is -1.03. The van der Waals surface area contributed by atoms with Gasteiger partial charge < -0.3 is 9.30 Å². The second-order valence-corrected chi connectivity index (χ2v) is 6.46. The maximum absolute atomic E-state index is 13.5. The van der Waals surface area contributed by atoms with Gasteiger partial charge in [-0.25, -0.2) is 8.78 Å². The fourth-order valence-electron chi connectivity index (χ4n) is 2.45. The molecule has 0 aliphatic heterocycles. The summed E-state index contributed by atoms with van der Waals surface area (Å²) in [5, 5.41) is 0. The molecule has 1 aromatic heterocycles. The van der Waals surface area contributed by atoms with Crippen LogP contribution in [0.3, 0.4) is 0 Å². The Balaban J connectivity index is 1.96. The summed E-state index contributed by atoms with van der Waals surface area (Å²) in [4.78, 5) is 16.9. The quantitative estimate of drug-likeness (QED) is 0.699. The highest BCUT2D eigenvalue weighted by Crippen LogP contribution is 2.18. The van der Waals surface area contributed by atoms with E-state index in [4.69, 9.17) is 4.74 Å². The van der Waals surface area contributed by atoms with Gasteiger partial charge in [-0.2, -0.15) is 4.99 Å². The zero-order chi connectivity index (χ0) is 17.8. The van der Waals surface area contributed by atoms with Crippen LogP contribution in [0.25, 0.3) is 10.2 Å². The summed E-state index contributed by atoms with van der Waals surface area (Å²) < 4.78 is 34.1. The summed E-state index contributed by atoms with van der Waals surface area (Å²) in [5.41, 5.74) is 1.49. The molecule has 0 unspecified atom stereocenters. The van der Waals surface area contributed by atoms with E-state index in [1.165, 1.54) is 35.6 Å². The third-order valence-electron chi connectivity index (χ3n) is 3.65. The summed E-state index contributed by atoms with van der Waals surface area (Å²) in [6.45, 7) is 0.952. The Hall–Kier alpha value is -2.38. The molecule has 25 heavy (non-hydrogen) atoms. The monoisotopic (exact) mass is 362 g/mol. The molecule has 130 valence electrons. The predicted octanol–water partition coefficient (Wildman–Crippen LogP) is 3.30. The maximum Gasteiger partial charge on any atom is 0.252 e. The van der Waals surface area contributed by atoms with Gasteiger partial charge in [0.05, 0.1) is 23.2 Å². The van der Waals surface area contributed by atoms with Gasteiger partial charge in [-0.15, -0.1) is 0 Å². The minimum Gasteiger partial charge on any atom is -0.383 e. The fourth-order valence-corrected chi connectivity index (χ4v) is 3.55. The van der Waals surface area contributed by atoms with Crippen LogP contribution in [0, 0.1) is 11.6 Å². The zero-order valence-electron chi connectivity index (χ0n) is 13.5. The van der Waals surface area contributed by atoms with Crippen LogP contribution in [-0.4, -0.2) is 24.2 Å². The lowest BCUT2D eigenvalue weighted by Crippen LogP contribution is -2.19. The van der Waals surface area contributed by atoms with E-state index < -0.39 is 0 Å². The van der Waals surface area contributed by atoms with Crippen molar-refractivity contribution in [2.24, 2.45) is 4.99 Å². The van der Waals surface area contributed by atoms with Gasteiger partial charge in [0.1, 0.15) is 11.6 Å². The third kappa shape index (κ3) is 4.18. The number of amides is 1. The van der Waals surface area contributed by atoms with Crippen molar-refractivity contribution in [3.63, 3.8) is 0 Å². The molecule has 4 nitrogen and oxygen atoms in total. The molecule has 0 aliphatic carbocycles. The van der Waals surface area contributed by atoms with Crippen molar-refractivity contribution in [3.8, 4) is 0 Å². The van der Waals surface area contributed by atoms with Crippen LogP contribution in [-0.2, 0) is 22.5 Å². The minimum absolute atomic E-state index is 0.0766. The first-order valence-electron chi connectivity index (χ1n) is 7.66. The van der Waals surface area contributed by atoms with Crippen LogP contribution >= 0.6 is 11.3 Å². The molecule has 0 saturated carbocycles. The standard InChI is InChI=1S/C18H16F2N2O2S/c1-24-9-8-22-15-7-6-14(20)11-16(15)25-18(22)21-17(23)10-12-2-4-13(19)5-3-12/h2-7,11H,8-10H2,1H3. The first kappa shape index (κ1) is 17.4. The molecule has 0 spiro atoms. The summed E-state index contributed by atoms with van der Waals surface area (Å²) in [6, 6.07) is 10.2. The molecule has 0 N–H and O–H groups in total. The van der Waals surface area contributed by atoms with Crippen LogP contribution in [0.1, 0.15) is 5.56 Å². The second kappa shape index (κ2) is 7.67. The van der Waals surface area contributed by atoms with E-state index in [9.17, 15) is 13.6 Å². The van der Waals surface area contributed by atoms with Gasteiger partial charge in [0, 0.05) is 13.7 Å². The Morgan fingerprint density at radius 3 is 2.60 bits per heavy atom. The Morgan fingerprint density at radius 2 is 1.88 bits per heavy atom. The molecule has 0 radical (unpaired) electrons. The number of methoxy groups -OCH3 is 1. The Bertz CT molecular complexity index is 961. The predicted molar refractivity (Wildman–Crippen MR) is 92.3 cm³/mol. The number of fused-ring (bicyclic) bond motifs is 1. The zero-order valence-corrected chi connectivity index (χ0v) is 14.4. The average Bonchev–Trinajstić information content (AvgIpc) is 2.91. The number of carbonyl (C=O) groups is 1. The maximum atomic E-state index is 13.5. The van der Waals surface area contributed by atoms with Gasteiger partial charge in [0.15, 0.2) is 4.80 Å². The highest BCUT2D eigenvalue weighted by Gasteiger charge is 2.09. The van der Waals surface area contributed by atoms with Crippen molar-refractivity contribution in [2.45, 2.75) is 13.0 Å². The molecule has 3 rings (SSSR count). The van der Waals surface area contributed by atoms with Crippen molar-refractivity contribution >= 4 is 27.5 Å². The molecule has 7 heteroatoms. The van der Waals surface area contributed by atoms with Crippen LogP contribution in [0.5, 0.6) is 0 Å². The van der Waals surface area contributed by atoms with Gasteiger partial charge in [0.25, 0.3) is 5.91 Å². The molecular formula is C18H16F2N2O2S. The Kier molecular flexibility index (Phi) is 5.35. The number of halogens is 2. The van der Waals surface area contributed by atoms with E-state index in [1.54, 1.807) is 25.3 Å². The first-order valence-corrected chi connectivity index (χ1v) is 8.48. The summed E-state index contributed by atoms with van der Waals surface area (Å²) in [7, 11) is 1.59. The number of benzene rings is 2. The van der Waals surface area contributed by atoms with Gasteiger partial charge in [0.2, 0.25) is 0 Å². The lowest BCUT2D eigenvalue weighted by Gasteiger charge is -2.04. The van der Waals surface area contributed by atoms with Gasteiger partial charge in [-0.1, -0.05) is 23.5 Å². The molecule has 0 aliphatic rings. The Morgan fingerprint density at radius 1 is 1.16 bits per heavy atom. The number of thiazole rings is 1. The molecule has 2 aromatic carbocycles. The Labute approximate surface area is 147 Å². The number of ether oxygens (including phenoxy) is 1. The minimum atomic E-state index is -0.350. The largest absolute Gasteiger partial charge is 0.383 e. The molecule has 1 heterocycles. The lowest BCUT2D eigenvalue weighted by atomic mass is 10.1. The smallest absolute Gasteiger partial charge is 0.252 e. The fraction of sp³-hybridized carbons (Fsp3) is 0.222. The van der Waals surface area contributed by atoms with Gasteiger partial charge in [-0.3, -0.25) is 4.79 Å². The number of rotatable bonds is 5. The highest BCUT2D eigenvalue weighted by atomic mass is 32.1. The SMILES string of the molecule is COCCn1c(=NC(=O)Cc2ccc(F)cc2)sc2cc(F)ccc21. The molecule has 0 fully saturated rings. The van der Waals surface area contributed by atoms with E-state index >= 15 is 0 Å². The van der Waals surface area contributed by atoms with Crippen LogP contribution in [0.15, 0.2) is 47.5 Å². The molecule has 1 amide bonds. The van der Waals surface area contributed by atoms with Crippen molar-refractivity contribution < 1.29 is 18.3 Å². The first-order chi connectivity index (χ1) is 12.1. The summed E-state index contributed by atoms with van der Waals surface area (Å²) in [6.07, 6.45) is 0.0766. The van der Waals surface area contributed by atoms with Crippen molar-refractivity contribution in [1.29, 1.82) is 0 Å². The molecule has 0 bridgehead atoms. The average molecular weight is 362 g/mol. The normalized spacial score (nSPS) is 12.0. The van der Waals surface area contributed by atoms with E-state index in [-0.39, 0.29) is 24.0 Å². The number of nitrogens with zero attached hydrogens (tertiary/aromatic N) is 2. The van der Waals surface area contributed by atoms with E-state index in [1.807, 2.05) is 4.57 Å². The van der Waals surface area contributed by atoms with Crippen molar-refractivity contribution in [3.05, 3.63) is 64.5 Å². The second-order valence-electron chi connectivity index (χ2n) is 5.45. The van der Waals surface area contributed by atoms with Gasteiger partial charge >= 0.3 is 0 Å². The van der Waals surface area contributed by atoms with Crippen molar-refractivity contribution in [1.82, 2.24) is 4.57 Å². The van der Waals surface area contributed by atoms with Crippen molar-refractivity contribution in [2.75, 3.05) is 13.7 Å². The van der Waals surface area contributed by atoms with E-state index in [0.29, 0.717) is 28.2 Å². The lowest BCUT2D eigenvalue weighted by molar-refractivity contribution is -0.117. The van der Waals surface area contributed by atoms with E-state index in [2.05, 4.69) is 4.99 Å². The molecule has 0 atom stereocenters.